The van der Waals surface area contributed by atoms with Crippen molar-refractivity contribution in [2.45, 2.75) is 52.5 Å². The summed E-state index contributed by atoms with van der Waals surface area (Å²) in [6.07, 6.45) is 3.11. The fourth-order valence-electron chi connectivity index (χ4n) is 3.22. The van der Waals surface area contributed by atoms with Gasteiger partial charge in [-0.25, -0.2) is 9.97 Å². The van der Waals surface area contributed by atoms with Crippen molar-refractivity contribution in [3.8, 4) is 0 Å². The van der Waals surface area contributed by atoms with Crippen molar-refractivity contribution in [2.24, 2.45) is 0 Å². The lowest BCUT2D eigenvalue weighted by Gasteiger charge is -2.34. The second-order valence-electron chi connectivity index (χ2n) is 6.32. The Morgan fingerprint density at radius 1 is 1.33 bits per heavy atom. The fourth-order valence-corrected chi connectivity index (χ4v) is 4.17. The van der Waals surface area contributed by atoms with Crippen molar-refractivity contribution in [3.63, 3.8) is 0 Å². The van der Waals surface area contributed by atoms with Crippen molar-refractivity contribution in [3.05, 3.63) is 43.5 Å². The van der Waals surface area contributed by atoms with Gasteiger partial charge in [-0.2, -0.15) is 0 Å². The molecular weight excluding hydrogens is 324 g/mol. The van der Waals surface area contributed by atoms with E-state index in [1.807, 2.05) is 17.2 Å². The molecule has 0 unspecified atom stereocenters. The number of rotatable bonds is 3. The molecular formula is C17H22N4O2S. The number of aromatic nitrogens is 3. The minimum atomic E-state index is -0.216. The molecule has 24 heavy (non-hydrogen) atoms. The number of nitrogens with zero attached hydrogens (tertiary/aromatic N) is 3. The molecule has 0 radical (unpaired) electrons. The van der Waals surface area contributed by atoms with Crippen LogP contribution in [0.15, 0.2) is 10.2 Å². The molecule has 1 fully saturated rings. The summed E-state index contributed by atoms with van der Waals surface area (Å²) in [6.45, 7) is 6.21. The van der Waals surface area contributed by atoms with Gasteiger partial charge in [-0.15, -0.1) is 11.3 Å². The largest absolute Gasteiger partial charge is 0.333 e. The van der Waals surface area contributed by atoms with E-state index in [9.17, 15) is 9.59 Å². The summed E-state index contributed by atoms with van der Waals surface area (Å²) in [5.41, 5.74) is 1.86. The Kier molecular flexibility index (Phi) is 4.80. The quantitative estimate of drug-likeness (QED) is 0.926. The van der Waals surface area contributed by atoms with Crippen LogP contribution in [0.5, 0.6) is 0 Å². The number of nitrogens with one attached hydrogen (secondary N) is 1. The number of amides is 1. The number of hydrogen-bond donors (Lipinski definition) is 1. The van der Waals surface area contributed by atoms with E-state index in [-0.39, 0.29) is 23.9 Å². The molecule has 0 spiro atoms. The molecule has 1 amide bonds. The summed E-state index contributed by atoms with van der Waals surface area (Å²) in [5, 5.41) is 3.01. The van der Waals surface area contributed by atoms with E-state index in [1.54, 1.807) is 25.2 Å². The van der Waals surface area contributed by atoms with Crippen LogP contribution in [0, 0.1) is 20.8 Å². The van der Waals surface area contributed by atoms with Crippen molar-refractivity contribution >= 4 is 17.2 Å². The minimum absolute atomic E-state index is 0.0215. The third-order valence-corrected chi connectivity index (χ3v) is 5.48. The van der Waals surface area contributed by atoms with Crippen molar-refractivity contribution in [1.82, 2.24) is 19.9 Å². The highest BCUT2D eigenvalue weighted by Gasteiger charge is 2.30. The second kappa shape index (κ2) is 6.84. The monoisotopic (exact) mass is 346 g/mol. The molecule has 1 aliphatic rings. The molecule has 2 aromatic rings. The standard InChI is InChI=1S/C17H22N4O2S/c1-10-9-24-17(18-10)14-6-4-5-7-21(14)15(22)8-13-11(2)19-12(3)20-16(13)23/h9,14H,4-8H2,1-3H3,(H,19,20,23)/t14-/m1/s1. The number of aromatic amines is 1. The number of likely N-dealkylation sites (tertiary alicyclic amines) is 1. The fraction of sp³-hybridized carbons (Fsp3) is 0.529. The zero-order valence-electron chi connectivity index (χ0n) is 14.3. The second-order valence-corrected chi connectivity index (χ2v) is 7.21. The Labute approximate surface area is 145 Å². The first-order valence-corrected chi connectivity index (χ1v) is 9.11. The maximum Gasteiger partial charge on any atom is 0.254 e. The highest BCUT2D eigenvalue weighted by atomic mass is 32.1. The van der Waals surface area contributed by atoms with Crippen LogP contribution in [-0.2, 0) is 11.2 Å². The summed E-state index contributed by atoms with van der Waals surface area (Å²) in [7, 11) is 0. The van der Waals surface area contributed by atoms with Gasteiger partial charge in [-0.05, 0) is 40.0 Å². The molecule has 1 aliphatic heterocycles. The lowest BCUT2D eigenvalue weighted by atomic mass is 10.0. The van der Waals surface area contributed by atoms with Crippen LogP contribution in [0.1, 0.15) is 53.1 Å². The molecule has 1 N–H and O–H groups in total. The van der Waals surface area contributed by atoms with Crippen LogP contribution in [0.2, 0.25) is 0 Å². The Morgan fingerprint density at radius 2 is 2.12 bits per heavy atom. The molecule has 0 aliphatic carbocycles. The average molecular weight is 346 g/mol. The molecule has 3 rings (SSSR count). The van der Waals surface area contributed by atoms with Crippen LogP contribution < -0.4 is 5.56 Å². The van der Waals surface area contributed by atoms with Crippen LogP contribution in [0.3, 0.4) is 0 Å². The molecule has 6 nitrogen and oxygen atoms in total. The van der Waals surface area contributed by atoms with E-state index in [0.29, 0.717) is 17.1 Å². The van der Waals surface area contributed by atoms with Crippen molar-refractivity contribution in [1.29, 1.82) is 0 Å². The number of piperidine rings is 1. The van der Waals surface area contributed by atoms with Crippen LogP contribution in [0.4, 0.5) is 0 Å². The highest BCUT2D eigenvalue weighted by Crippen LogP contribution is 2.33. The van der Waals surface area contributed by atoms with E-state index in [4.69, 9.17) is 0 Å². The Hall–Kier alpha value is -2.02. The number of carbonyl (C=O) groups excluding carboxylic acids is 1. The summed E-state index contributed by atoms with van der Waals surface area (Å²) in [6, 6.07) is 0.0303. The molecule has 1 atom stereocenters. The lowest BCUT2D eigenvalue weighted by Crippen LogP contribution is -2.40. The van der Waals surface area contributed by atoms with E-state index < -0.39 is 0 Å². The Balaban J connectivity index is 1.84. The first-order valence-electron chi connectivity index (χ1n) is 8.23. The van der Waals surface area contributed by atoms with Crippen LogP contribution in [0.25, 0.3) is 0 Å². The van der Waals surface area contributed by atoms with Crippen LogP contribution >= 0.6 is 11.3 Å². The minimum Gasteiger partial charge on any atom is -0.333 e. The number of H-pyrrole nitrogens is 1. The van der Waals surface area contributed by atoms with E-state index in [0.717, 1.165) is 36.5 Å². The normalized spacial score (nSPS) is 18.0. The summed E-state index contributed by atoms with van der Waals surface area (Å²) in [5.74, 6) is 0.551. The third-order valence-electron chi connectivity index (χ3n) is 4.41. The van der Waals surface area contributed by atoms with Gasteiger partial charge in [0.2, 0.25) is 5.91 Å². The lowest BCUT2D eigenvalue weighted by molar-refractivity contribution is -0.134. The zero-order valence-corrected chi connectivity index (χ0v) is 15.1. The van der Waals surface area contributed by atoms with Gasteiger partial charge in [0.1, 0.15) is 10.8 Å². The molecule has 1 saturated heterocycles. The van der Waals surface area contributed by atoms with Gasteiger partial charge in [0.15, 0.2) is 0 Å². The van der Waals surface area contributed by atoms with Gasteiger partial charge in [-0.3, -0.25) is 9.59 Å². The maximum atomic E-state index is 12.9. The first kappa shape index (κ1) is 16.8. The van der Waals surface area contributed by atoms with Crippen molar-refractivity contribution < 1.29 is 4.79 Å². The van der Waals surface area contributed by atoms with Gasteiger partial charge >= 0.3 is 0 Å². The van der Waals surface area contributed by atoms with E-state index in [2.05, 4.69) is 15.0 Å². The predicted molar refractivity (Wildman–Crippen MR) is 93.2 cm³/mol. The smallest absolute Gasteiger partial charge is 0.254 e. The first-order chi connectivity index (χ1) is 11.5. The van der Waals surface area contributed by atoms with E-state index >= 15 is 0 Å². The maximum absolute atomic E-state index is 12.9. The number of thiazole rings is 1. The van der Waals surface area contributed by atoms with Crippen LogP contribution in [-0.4, -0.2) is 32.3 Å². The van der Waals surface area contributed by atoms with Crippen molar-refractivity contribution in [2.75, 3.05) is 6.54 Å². The molecule has 0 aromatic carbocycles. The molecule has 2 aromatic heterocycles. The highest BCUT2D eigenvalue weighted by molar-refractivity contribution is 7.09. The van der Waals surface area contributed by atoms with Gasteiger partial charge in [0.25, 0.3) is 5.56 Å². The number of aryl methyl sites for hydroxylation is 3. The summed E-state index contributed by atoms with van der Waals surface area (Å²) < 4.78 is 0. The molecule has 128 valence electrons. The molecule has 0 bridgehead atoms. The number of hydrogen-bond acceptors (Lipinski definition) is 5. The molecule has 0 saturated carbocycles. The Morgan fingerprint density at radius 3 is 2.79 bits per heavy atom. The molecule has 3 heterocycles. The predicted octanol–water partition coefficient (Wildman–Crippen LogP) is 2.45. The van der Waals surface area contributed by atoms with Gasteiger partial charge in [-0.1, -0.05) is 0 Å². The Bertz CT molecular complexity index is 811. The summed E-state index contributed by atoms with van der Waals surface area (Å²) >= 11 is 1.61. The summed E-state index contributed by atoms with van der Waals surface area (Å²) in [4.78, 5) is 38.4. The average Bonchev–Trinajstić information content (AvgIpc) is 2.97. The third kappa shape index (κ3) is 3.40. The van der Waals surface area contributed by atoms with Gasteiger partial charge in [0.05, 0.1) is 12.5 Å². The zero-order chi connectivity index (χ0) is 17.3. The van der Waals surface area contributed by atoms with E-state index in [1.165, 1.54) is 0 Å². The number of carbonyl (C=O) groups is 1. The van der Waals surface area contributed by atoms with Gasteiger partial charge < -0.3 is 9.88 Å². The molecule has 7 heteroatoms. The SMILES string of the molecule is Cc1csc([C@H]2CCCCN2C(=O)Cc2c(C)nc(C)[nH]c2=O)n1. The van der Waals surface area contributed by atoms with Gasteiger partial charge in [0, 0.05) is 28.9 Å². The topological polar surface area (TPSA) is 79.0 Å².